The fourth-order valence-corrected chi connectivity index (χ4v) is 0.401. The number of hydrogen-bond donors (Lipinski definition) is 0. The van der Waals surface area contributed by atoms with E-state index in [2.05, 4.69) is 12.2 Å². The van der Waals surface area contributed by atoms with E-state index in [1.807, 2.05) is 12.2 Å². The smallest absolute Gasteiger partial charge is 0.109 e. The predicted octanol–water partition coefficient (Wildman–Crippen LogP) is 0.959. The van der Waals surface area contributed by atoms with Crippen LogP contribution < -0.4 is 0 Å². The molecule has 1 rings (SSSR count). The molecule has 0 saturated heterocycles. The number of carbonyl (C=O) groups excluding carboxylic acids is 2. The quantitative estimate of drug-likeness (QED) is 0.423. The Bertz CT molecular complexity index is 215. The molecule has 0 unspecified atom stereocenters. The topological polar surface area (TPSA) is 34.1 Å². The second-order valence-electron chi connectivity index (χ2n) is 1.24. The molecule has 0 amide bonds. The SMILES string of the molecule is O=[C]=[Fe]=[C]=O.[C-]1=CC=CC1.[CH3-]. The Balaban J connectivity index is 0. The van der Waals surface area contributed by atoms with Crippen LogP contribution in [-0.2, 0) is 23.7 Å². The van der Waals surface area contributed by atoms with E-state index in [1.54, 1.807) is 0 Å². The van der Waals surface area contributed by atoms with Crippen molar-refractivity contribution in [1.29, 1.82) is 0 Å². The third-order valence-electron chi connectivity index (χ3n) is 0.658. The van der Waals surface area contributed by atoms with Crippen molar-refractivity contribution in [2.75, 3.05) is 0 Å². The van der Waals surface area contributed by atoms with Gasteiger partial charge in [0.1, 0.15) is 0 Å². The zero-order chi connectivity index (χ0) is 7.66. The van der Waals surface area contributed by atoms with E-state index in [1.165, 1.54) is 9.57 Å². The average molecular weight is 192 g/mol. The second-order valence-corrected chi connectivity index (χ2v) is 1.96. The first-order valence-electron chi connectivity index (χ1n) is 2.48. The molecule has 1 aliphatic carbocycles. The molecule has 0 atom stereocenters. The van der Waals surface area contributed by atoms with Gasteiger partial charge in [-0.3, -0.25) is 6.08 Å². The van der Waals surface area contributed by atoms with Crippen molar-refractivity contribution < 1.29 is 23.7 Å². The maximum atomic E-state index is 9.02. The molecule has 0 aromatic heterocycles. The Labute approximate surface area is 71.9 Å². The number of allylic oxidation sites excluding steroid dienone is 4. The van der Waals surface area contributed by atoms with Gasteiger partial charge in [0.2, 0.25) is 0 Å². The molecule has 62 valence electrons. The number of hydrogen-bond acceptors (Lipinski definition) is 2. The normalized spacial score (nSPS) is 10.2. The number of rotatable bonds is 0. The average Bonchev–Trinajstić information content (AvgIpc) is 2.44. The van der Waals surface area contributed by atoms with Crippen molar-refractivity contribution in [3.63, 3.8) is 0 Å². The van der Waals surface area contributed by atoms with Gasteiger partial charge < -0.3 is 7.43 Å². The van der Waals surface area contributed by atoms with E-state index in [0.29, 0.717) is 0 Å². The molecule has 0 spiro atoms. The molecule has 0 aromatic rings. The third-order valence-corrected chi connectivity index (χ3v) is 0.883. The molecular formula is C8H8FeO2-2. The van der Waals surface area contributed by atoms with Gasteiger partial charge in [0.05, 0.1) is 0 Å². The van der Waals surface area contributed by atoms with Crippen LogP contribution in [0, 0.1) is 13.5 Å². The van der Waals surface area contributed by atoms with Crippen molar-refractivity contribution in [3.05, 3.63) is 31.7 Å². The predicted molar refractivity (Wildman–Crippen MR) is 39.4 cm³/mol. The zero-order valence-corrected chi connectivity index (χ0v) is 7.21. The van der Waals surface area contributed by atoms with Gasteiger partial charge in [0.25, 0.3) is 0 Å². The zero-order valence-electron chi connectivity index (χ0n) is 6.11. The molecular weight excluding hydrogens is 184 g/mol. The fourth-order valence-electron chi connectivity index (χ4n) is 0.355. The Morgan fingerprint density at radius 3 is 2.09 bits per heavy atom. The van der Waals surface area contributed by atoms with Crippen LogP contribution >= 0.6 is 0 Å². The second kappa shape index (κ2) is 11.9. The van der Waals surface area contributed by atoms with Gasteiger partial charge in [-0.1, -0.05) is 0 Å². The first-order valence-corrected chi connectivity index (χ1v) is 3.58. The first kappa shape index (κ1) is 12.8. The van der Waals surface area contributed by atoms with Crippen molar-refractivity contribution >= 4 is 9.57 Å². The van der Waals surface area contributed by atoms with Crippen LogP contribution in [-0.4, -0.2) is 9.57 Å². The van der Waals surface area contributed by atoms with Crippen LogP contribution in [0.25, 0.3) is 0 Å². The van der Waals surface area contributed by atoms with Crippen LogP contribution in [0.2, 0.25) is 0 Å². The Kier molecular flexibility index (Phi) is 13.8. The molecule has 11 heavy (non-hydrogen) atoms. The van der Waals surface area contributed by atoms with E-state index < -0.39 is 0 Å². The van der Waals surface area contributed by atoms with Crippen LogP contribution in [0.1, 0.15) is 6.42 Å². The molecule has 3 heteroatoms. The van der Waals surface area contributed by atoms with Gasteiger partial charge in [0.15, 0.2) is 0 Å². The summed E-state index contributed by atoms with van der Waals surface area (Å²) in [6.07, 6.45) is 10.0. The molecule has 0 aliphatic heterocycles. The minimum Gasteiger partial charge on any atom is -0.358 e. The summed E-state index contributed by atoms with van der Waals surface area (Å²) in [5.74, 6) is 0. The molecule has 0 bridgehead atoms. The van der Waals surface area contributed by atoms with Crippen molar-refractivity contribution in [3.8, 4) is 0 Å². The van der Waals surface area contributed by atoms with E-state index in [-0.39, 0.29) is 21.5 Å². The summed E-state index contributed by atoms with van der Waals surface area (Å²) < 4.78 is 0. The van der Waals surface area contributed by atoms with Gasteiger partial charge in [0, 0.05) is 0 Å². The van der Waals surface area contributed by atoms with Crippen molar-refractivity contribution in [2.24, 2.45) is 0 Å². The summed E-state index contributed by atoms with van der Waals surface area (Å²) in [6, 6.07) is 0. The minimum atomic E-state index is -0.222. The van der Waals surface area contributed by atoms with Crippen LogP contribution in [0.5, 0.6) is 0 Å². The standard InChI is InChI=1S/C5H5.2CO.CH3.Fe/c1-2-4-5-3-1;2*1-2;;/h1-3H,4H2;;;1H3;/q-1;;;-1;. The first-order chi connectivity index (χ1) is 4.91. The van der Waals surface area contributed by atoms with Crippen LogP contribution in [0.3, 0.4) is 0 Å². The maximum Gasteiger partial charge on any atom is -0.109 e. The van der Waals surface area contributed by atoms with Gasteiger partial charge in [-0.15, -0.1) is 6.42 Å². The van der Waals surface area contributed by atoms with Crippen LogP contribution in [0.4, 0.5) is 0 Å². The van der Waals surface area contributed by atoms with Crippen LogP contribution in [0.15, 0.2) is 18.2 Å². The third kappa shape index (κ3) is 12.4. The molecule has 1 aliphatic rings. The van der Waals surface area contributed by atoms with Crippen molar-refractivity contribution in [2.45, 2.75) is 6.42 Å². The summed E-state index contributed by atoms with van der Waals surface area (Å²) in [5, 5.41) is 0. The maximum absolute atomic E-state index is 9.02. The Morgan fingerprint density at radius 2 is 2.00 bits per heavy atom. The van der Waals surface area contributed by atoms with Crippen molar-refractivity contribution in [1.82, 2.24) is 0 Å². The molecule has 0 radical (unpaired) electrons. The molecule has 0 heterocycles. The summed E-state index contributed by atoms with van der Waals surface area (Å²) in [5.41, 5.74) is 0. The molecule has 2 nitrogen and oxygen atoms in total. The van der Waals surface area contributed by atoms with Gasteiger partial charge in [-0.05, 0) is 0 Å². The minimum absolute atomic E-state index is 0. The van der Waals surface area contributed by atoms with E-state index in [4.69, 9.17) is 9.59 Å². The van der Waals surface area contributed by atoms with E-state index >= 15 is 0 Å². The largest absolute Gasteiger partial charge is 0.358 e. The molecule has 0 N–H and O–H groups in total. The Morgan fingerprint density at radius 1 is 1.36 bits per heavy atom. The molecule has 0 fully saturated rings. The van der Waals surface area contributed by atoms with E-state index in [0.717, 1.165) is 6.42 Å². The molecule has 0 aromatic carbocycles. The summed E-state index contributed by atoms with van der Waals surface area (Å²) in [7, 11) is 0. The Hall–Kier alpha value is -0.841. The van der Waals surface area contributed by atoms with Gasteiger partial charge in [-0.2, -0.15) is 6.08 Å². The molecule has 0 saturated carbocycles. The summed E-state index contributed by atoms with van der Waals surface area (Å²) in [4.78, 5) is 20.7. The van der Waals surface area contributed by atoms with Gasteiger partial charge >= 0.3 is 33.2 Å². The summed E-state index contributed by atoms with van der Waals surface area (Å²) in [6.45, 7) is 0. The van der Waals surface area contributed by atoms with E-state index in [9.17, 15) is 0 Å². The fraction of sp³-hybridized carbons (Fsp3) is 0.125. The summed E-state index contributed by atoms with van der Waals surface area (Å²) >= 11 is -0.222. The van der Waals surface area contributed by atoms with Gasteiger partial charge in [-0.25, -0.2) is 12.2 Å². The monoisotopic (exact) mass is 192 g/mol.